The third kappa shape index (κ3) is 5.00. The van der Waals surface area contributed by atoms with Gasteiger partial charge in [0.15, 0.2) is 11.8 Å². The van der Waals surface area contributed by atoms with Gasteiger partial charge in [-0.3, -0.25) is 4.79 Å². The lowest BCUT2D eigenvalue weighted by atomic mass is 10.0. The van der Waals surface area contributed by atoms with E-state index in [1.807, 2.05) is 12.1 Å². The molecule has 126 valence electrons. The van der Waals surface area contributed by atoms with Crippen LogP contribution >= 0.6 is 0 Å². The average molecular weight is 331 g/mol. The Balaban J connectivity index is 0.00000242. The fraction of sp³-hybridized carbons (Fsp3) is 0.688. The van der Waals surface area contributed by atoms with Crippen LogP contribution in [0.15, 0.2) is 22.8 Å². The molecule has 5 nitrogen and oxygen atoms in total. The normalized spacial score (nSPS) is 17.0. The monoisotopic (exact) mass is 330 g/mol. The molecule has 0 radical (unpaired) electrons. The lowest BCUT2D eigenvalue weighted by Gasteiger charge is -2.30. The first-order chi connectivity index (χ1) is 10.3. The minimum absolute atomic E-state index is 0. The quantitative estimate of drug-likeness (QED) is 0.596. The Bertz CT molecular complexity index is 415. The van der Waals surface area contributed by atoms with Gasteiger partial charge in [0.25, 0.3) is 0 Å². The van der Waals surface area contributed by atoms with E-state index in [4.69, 9.17) is 9.15 Å². The molecule has 6 heteroatoms. The van der Waals surface area contributed by atoms with Gasteiger partial charge >= 0.3 is 0 Å². The maximum Gasteiger partial charge on any atom is 0.223 e. The van der Waals surface area contributed by atoms with E-state index in [1.165, 1.54) is 4.90 Å². The summed E-state index contributed by atoms with van der Waals surface area (Å²) in [4.78, 5) is 13.6. The van der Waals surface area contributed by atoms with Crippen molar-refractivity contribution in [3.05, 3.63) is 24.2 Å². The molecule has 2 rings (SSSR count). The van der Waals surface area contributed by atoms with E-state index in [2.05, 4.69) is 19.2 Å². The summed E-state index contributed by atoms with van der Waals surface area (Å²) >= 11 is 0. The molecule has 0 saturated carbocycles. The van der Waals surface area contributed by atoms with Gasteiger partial charge in [-0.05, 0) is 25.0 Å². The molecule has 1 aromatic rings. The summed E-state index contributed by atoms with van der Waals surface area (Å²) in [6.45, 7) is 8.19. The number of hydrogen-bond donors (Lipinski definition) is 2. The van der Waals surface area contributed by atoms with Crippen LogP contribution in [0.2, 0.25) is 0 Å². The standard InChI is InChI=1S/C16H26N2O3.ClH/c1-3-13(4-2)16(19)17-12-14(15-6-5-9-21-15)18-7-10-20-11-8-18;/h5-6,9,13-14H,3-4,7-8,10-12H2,1-2H3,(H,17,19);1H. The van der Waals surface area contributed by atoms with Crippen LogP contribution in [0.25, 0.3) is 0 Å². The number of halogens is 1. The smallest absolute Gasteiger partial charge is 0.223 e. The van der Waals surface area contributed by atoms with Gasteiger partial charge in [0.05, 0.1) is 26.0 Å². The minimum Gasteiger partial charge on any atom is -1.00 e. The molecule has 0 aliphatic carbocycles. The summed E-state index contributed by atoms with van der Waals surface area (Å²) in [5, 5.41) is 3.11. The lowest BCUT2D eigenvalue weighted by molar-refractivity contribution is -0.938. The zero-order valence-corrected chi connectivity index (χ0v) is 14.2. The molecule has 2 N–H and O–H groups in total. The van der Waals surface area contributed by atoms with Crippen LogP contribution in [0.3, 0.4) is 0 Å². The highest BCUT2D eigenvalue weighted by Crippen LogP contribution is 2.12. The molecule has 1 atom stereocenters. The number of morpholine rings is 1. The van der Waals surface area contributed by atoms with Crippen molar-refractivity contribution in [1.29, 1.82) is 0 Å². The second-order valence-electron chi connectivity index (χ2n) is 5.60. The zero-order valence-electron chi connectivity index (χ0n) is 13.4. The number of rotatable bonds is 7. The molecule has 0 spiro atoms. The van der Waals surface area contributed by atoms with Gasteiger partial charge < -0.3 is 31.8 Å². The Labute approximate surface area is 138 Å². The van der Waals surface area contributed by atoms with E-state index < -0.39 is 0 Å². The van der Waals surface area contributed by atoms with Crippen molar-refractivity contribution in [3.8, 4) is 0 Å². The molecular weight excluding hydrogens is 304 g/mol. The van der Waals surface area contributed by atoms with Crippen LogP contribution in [-0.2, 0) is 9.53 Å². The van der Waals surface area contributed by atoms with Crippen molar-refractivity contribution in [3.63, 3.8) is 0 Å². The maximum atomic E-state index is 12.2. The summed E-state index contributed by atoms with van der Waals surface area (Å²) in [5.74, 6) is 1.21. The third-order valence-electron chi connectivity index (χ3n) is 4.35. The fourth-order valence-corrected chi connectivity index (χ4v) is 2.92. The van der Waals surface area contributed by atoms with Crippen LogP contribution in [-0.4, -0.2) is 38.8 Å². The topological polar surface area (TPSA) is 55.9 Å². The van der Waals surface area contributed by atoms with E-state index >= 15 is 0 Å². The Hall–Kier alpha value is -1.04. The molecule has 1 unspecified atom stereocenters. The van der Waals surface area contributed by atoms with Crippen LogP contribution in [0, 0.1) is 5.92 Å². The van der Waals surface area contributed by atoms with Crippen molar-refractivity contribution in [2.24, 2.45) is 5.92 Å². The van der Waals surface area contributed by atoms with Gasteiger partial charge in [-0.2, -0.15) is 0 Å². The number of furan rings is 1. The predicted octanol–water partition coefficient (Wildman–Crippen LogP) is -2.21. The van der Waals surface area contributed by atoms with Crippen LogP contribution < -0.4 is 22.6 Å². The van der Waals surface area contributed by atoms with Gasteiger partial charge in [-0.1, -0.05) is 13.8 Å². The minimum atomic E-state index is 0. The second kappa shape index (κ2) is 9.87. The van der Waals surface area contributed by atoms with Crippen molar-refractivity contribution in [2.45, 2.75) is 32.7 Å². The van der Waals surface area contributed by atoms with Gasteiger partial charge in [0.2, 0.25) is 5.91 Å². The molecule has 2 heterocycles. The molecule has 1 fully saturated rings. The molecule has 0 aromatic carbocycles. The first kappa shape index (κ1) is 19.0. The van der Waals surface area contributed by atoms with Gasteiger partial charge in [-0.15, -0.1) is 0 Å². The summed E-state index contributed by atoms with van der Waals surface area (Å²) < 4.78 is 11.0. The molecule has 1 amide bonds. The molecule has 1 saturated heterocycles. The third-order valence-corrected chi connectivity index (χ3v) is 4.35. The van der Waals surface area contributed by atoms with Crippen LogP contribution in [0.4, 0.5) is 0 Å². The first-order valence-electron chi connectivity index (χ1n) is 7.99. The summed E-state index contributed by atoms with van der Waals surface area (Å²) in [5.41, 5.74) is 0. The number of ether oxygens (including phenoxy) is 1. The van der Waals surface area contributed by atoms with Crippen LogP contribution in [0.1, 0.15) is 38.5 Å². The molecule has 0 bridgehead atoms. The number of amides is 1. The van der Waals surface area contributed by atoms with Gasteiger partial charge in [0, 0.05) is 5.92 Å². The SMILES string of the molecule is CCC(CC)C(=O)NCC(c1ccco1)[NH+]1CCOCC1.[Cl-]. The van der Waals surface area contributed by atoms with E-state index in [-0.39, 0.29) is 30.3 Å². The van der Waals surface area contributed by atoms with Crippen molar-refractivity contribution in [2.75, 3.05) is 32.8 Å². The fourth-order valence-electron chi connectivity index (χ4n) is 2.92. The van der Waals surface area contributed by atoms with E-state index in [0.29, 0.717) is 6.54 Å². The highest BCUT2D eigenvalue weighted by atomic mass is 35.5. The van der Waals surface area contributed by atoms with E-state index in [1.54, 1.807) is 6.26 Å². The number of carbonyl (C=O) groups is 1. The van der Waals surface area contributed by atoms with Crippen molar-refractivity contribution in [1.82, 2.24) is 5.32 Å². The van der Waals surface area contributed by atoms with Gasteiger partial charge in [0.1, 0.15) is 13.1 Å². The van der Waals surface area contributed by atoms with Crippen LogP contribution in [0.5, 0.6) is 0 Å². The Morgan fingerprint density at radius 1 is 1.32 bits per heavy atom. The summed E-state index contributed by atoms with van der Waals surface area (Å²) in [7, 11) is 0. The average Bonchev–Trinajstić information content (AvgIpc) is 3.04. The summed E-state index contributed by atoms with van der Waals surface area (Å²) in [6, 6.07) is 4.07. The summed E-state index contributed by atoms with van der Waals surface area (Å²) in [6.07, 6.45) is 3.47. The molecular formula is C16H27ClN2O3. The zero-order chi connectivity index (χ0) is 15.1. The number of carbonyl (C=O) groups excluding carboxylic acids is 1. The Morgan fingerprint density at radius 3 is 2.55 bits per heavy atom. The van der Waals surface area contributed by atoms with Crippen molar-refractivity contribution >= 4 is 5.91 Å². The molecule has 1 aliphatic rings. The molecule has 1 aromatic heterocycles. The number of hydrogen-bond acceptors (Lipinski definition) is 3. The highest BCUT2D eigenvalue weighted by molar-refractivity contribution is 5.78. The van der Waals surface area contributed by atoms with Gasteiger partial charge in [-0.25, -0.2) is 0 Å². The maximum absolute atomic E-state index is 12.2. The highest BCUT2D eigenvalue weighted by Gasteiger charge is 2.29. The van der Waals surface area contributed by atoms with Crippen molar-refractivity contribution < 1.29 is 31.3 Å². The Kier molecular flexibility index (Phi) is 8.53. The molecule has 1 aliphatic heterocycles. The van der Waals surface area contributed by atoms with E-state index in [9.17, 15) is 4.79 Å². The first-order valence-corrected chi connectivity index (χ1v) is 7.99. The van der Waals surface area contributed by atoms with E-state index in [0.717, 1.165) is 44.9 Å². The molecule has 22 heavy (non-hydrogen) atoms. The number of nitrogens with one attached hydrogen (secondary N) is 2. The Morgan fingerprint density at radius 2 is 2.00 bits per heavy atom. The number of quaternary nitrogens is 1. The predicted molar refractivity (Wildman–Crippen MR) is 80.0 cm³/mol. The largest absolute Gasteiger partial charge is 1.00 e. The lowest BCUT2D eigenvalue weighted by Crippen LogP contribution is -3.15. The second-order valence-corrected chi connectivity index (χ2v) is 5.60.